The van der Waals surface area contributed by atoms with Crippen LogP contribution in [0.4, 0.5) is 0 Å². The van der Waals surface area contributed by atoms with E-state index in [-0.39, 0.29) is 24.8 Å². The molecule has 2 heterocycles. The van der Waals surface area contributed by atoms with Gasteiger partial charge in [0.25, 0.3) is 5.91 Å². The topological polar surface area (TPSA) is 84.0 Å². The fourth-order valence-electron chi connectivity index (χ4n) is 2.16. The average molecular weight is 355 g/mol. The molecule has 1 aromatic rings. The zero-order valence-corrected chi connectivity index (χ0v) is 12.9. The van der Waals surface area contributed by atoms with Crippen molar-refractivity contribution in [3.8, 4) is 11.5 Å². The van der Waals surface area contributed by atoms with Crippen molar-refractivity contribution in [3.05, 3.63) is 22.2 Å². The van der Waals surface area contributed by atoms with Gasteiger partial charge in [-0.25, -0.2) is 10.9 Å². The molecular formula is C13H15BrN4O3. The number of halogens is 1. The molecule has 0 saturated carbocycles. The van der Waals surface area contributed by atoms with Crippen LogP contribution >= 0.6 is 15.9 Å². The highest BCUT2D eigenvalue weighted by atomic mass is 79.9. The third kappa shape index (κ3) is 3.17. The highest BCUT2D eigenvalue weighted by Gasteiger charge is 2.26. The Labute approximate surface area is 130 Å². The van der Waals surface area contributed by atoms with Crippen LogP contribution in [0.5, 0.6) is 11.5 Å². The normalized spacial score (nSPS) is 23.7. The summed E-state index contributed by atoms with van der Waals surface area (Å²) >= 11 is 3.43. The molecule has 21 heavy (non-hydrogen) atoms. The summed E-state index contributed by atoms with van der Waals surface area (Å²) in [7, 11) is 0. The maximum atomic E-state index is 11.9. The number of hydrazine groups is 1. The molecule has 1 fully saturated rings. The standard InChI is InChI=1S/C13H15BrN4O3/c1-7-2-10(17-16-7)13(19)18-15-5-8-3-11-12(4-9(8)14)21-6-20-11/h3-5,7,10,16-17H,2,6H2,1H3,(H,18,19)/b15-5+. The SMILES string of the molecule is CC1CC(C(=O)N/N=C/c2cc3c(cc2Br)OCO3)NN1. The number of carbonyl (C=O) groups excluding carboxylic acids is 1. The first-order valence-electron chi connectivity index (χ1n) is 6.56. The Morgan fingerprint density at radius 3 is 2.90 bits per heavy atom. The minimum atomic E-state index is -0.266. The molecule has 112 valence electrons. The molecule has 0 spiro atoms. The summed E-state index contributed by atoms with van der Waals surface area (Å²) in [4.78, 5) is 11.9. The number of nitrogens with one attached hydrogen (secondary N) is 3. The monoisotopic (exact) mass is 354 g/mol. The molecule has 3 N–H and O–H groups in total. The lowest BCUT2D eigenvalue weighted by Gasteiger charge is -2.06. The summed E-state index contributed by atoms with van der Waals surface area (Å²) in [5, 5.41) is 3.98. The number of ether oxygens (including phenoxy) is 2. The molecule has 7 nitrogen and oxygen atoms in total. The van der Waals surface area contributed by atoms with Gasteiger partial charge in [-0.2, -0.15) is 5.10 Å². The fraction of sp³-hybridized carbons (Fsp3) is 0.385. The van der Waals surface area contributed by atoms with E-state index >= 15 is 0 Å². The fourth-order valence-corrected chi connectivity index (χ4v) is 2.59. The number of hydrazone groups is 1. The number of fused-ring (bicyclic) bond motifs is 1. The second-order valence-electron chi connectivity index (χ2n) is 4.94. The minimum absolute atomic E-state index is 0.167. The van der Waals surface area contributed by atoms with E-state index in [4.69, 9.17) is 9.47 Å². The van der Waals surface area contributed by atoms with Crippen LogP contribution < -0.4 is 25.8 Å². The van der Waals surface area contributed by atoms with Crippen LogP contribution in [0, 0.1) is 0 Å². The molecular weight excluding hydrogens is 340 g/mol. The van der Waals surface area contributed by atoms with E-state index in [1.165, 1.54) is 0 Å². The lowest BCUT2D eigenvalue weighted by atomic mass is 10.1. The predicted octanol–water partition coefficient (Wildman–Crippen LogP) is 0.883. The van der Waals surface area contributed by atoms with E-state index in [0.717, 1.165) is 16.5 Å². The average Bonchev–Trinajstić information content (AvgIpc) is 3.07. The van der Waals surface area contributed by atoms with Gasteiger partial charge in [0.2, 0.25) is 6.79 Å². The quantitative estimate of drug-likeness (QED) is 0.554. The number of amides is 1. The van der Waals surface area contributed by atoms with Gasteiger partial charge in [-0.1, -0.05) is 0 Å². The van der Waals surface area contributed by atoms with Gasteiger partial charge in [-0.05, 0) is 41.4 Å². The zero-order chi connectivity index (χ0) is 14.8. The predicted molar refractivity (Wildman–Crippen MR) is 80.1 cm³/mol. The summed E-state index contributed by atoms with van der Waals surface area (Å²) in [5.41, 5.74) is 9.23. The highest BCUT2D eigenvalue weighted by molar-refractivity contribution is 9.10. The van der Waals surface area contributed by atoms with Crippen molar-refractivity contribution in [2.75, 3.05) is 6.79 Å². The number of hydrogen-bond acceptors (Lipinski definition) is 6. The van der Waals surface area contributed by atoms with Gasteiger partial charge >= 0.3 is 0 Å². The van der Waals surface area contributed by atoms with Crippen molar-refractivity contribution < 1.29 is 14.3 Å². The Balaban J connectivity index is 1.62. The van der Waals surface area contributed by atoms with Gasteiger partial charge < -0.3 is 9.47 Å². The van der Waals surface area contributed by atoms with Gasteiger partial charge in [-0.3, -0.25) is 10.2 Å². The zero-order valence-electron chi connectivity index (χ0n) is 11.4. The molecule has 0 bridgehead atoms. The Hall–Kier alpha value is -1.64. The summed E-state index contributed by atoms with van der Waals surface area (Å²) in [6.45, 7) is 2.23. The Morgan fingerprint density at radius 2 is 2.19 bits per heavy atom. The summed E-state index contributed by atoms with van der Waals surface area (Å²) in [6.07, 6.45) is 2.30. The lowest BCUT2D eigenvalue weighted by Crippen LogP contribution is -2.41. The van der Waals surface area contributed by atoms with Crippen molar-refractivity contribution in [2.24, 2.45) is 5.10 Å². The van der Waals surface area contributed by atoms with Crippen LogP contribution in [0.15, 0.2) is 21.7 Å². The smallest absolute Gasteiger partial charge is 0.258 e. The first-order valence-corrected chi connectivity index (χ1v) is 7.36. The molecule has 3 rings (SSSR count). The molecule has 1 amide bonds. The van der Waals surface area contributed by atoms with Gasteiger partial charge in [-0.15, -0.1) is 0 Å². The van der Waals surface area contributed by atoms with Crippen molar-refractivity contribution in [1.82, 2.24) is 16.3 Å². The number of hydrogen-bond donors (Lipinski definition) is 3. The van der Waals surface area contributed by atoms with Gasteiger partial charge in [0.05, 0.1) is 6.21 Å². The van der Waals surface area contributed by atoms with Gasteiger partial charge in [0.1, 0.15) is 6.04 Å². The largest absolute Gasteiger partial charge is 0.454 e. The van der Waals surface area contributed by atoms with Gasteiger partial charge in [0, 0.05) is 16.1 Å². The van der Waals surface area contributed by atoms with E-state index in [1.807, 2.05) is 13.0 Å². The molecule has 0 aliphatic carbocycles. The number of rotatable bonds is 3. The number of carbonyl (C=O) groups is 1. The molecule has 0 aromatic heterocycles. The third-order valence-electron chi connectivity index (χ3n) is 3.28. The van der Waals surface area contributed by atoms with Crippen LogP contribution in [0.2, 0.25) is 0 Å². The van der Waals surface area contributed by atoms with Crippen molar-refractivity contribution >= 4 is 28.1 Å². The second kappa shape index (κ2) is 6.00. The van der Waals surface area contributed by atoms with E-state index in [0.29, 0.717) is 11.5 Å². The van der Waals surface area contributed by atoms with E-state index < -0.39 is 0 Å². The Morgan fingerprint density at radius 1 is 1.43 bits per heavy atom. The highest BCUT2D eigenvalue weighted by Crippen LogP contribution is 2.36. The Bertz CT molecular complexity index is 593. The van der Waals surface area contributed by atoms with Crippen LogP contribution in [0.1, 0.15) is 18.9 Å². The number of benzene rings is 1. The lowest BCUT2D eigenvalue weighted by molar-refractivity contribution is -0.122. The van der Waals surface area contributed by atoms with Crippen LogP contribution in [0.3, 0.4) is 0 Å². The third-order valence-corrected chi connectivity index (χ3v) is 3.97. The molecule has 0 radical (unpaired) electrons. The van der Waals surface area contributed by atoms with E-state index in [2.05, 4.69) is 37.3 Å². The van der Waals surface area contributed by atoms with Crippen LogP contribution in [-0.2, 0) is 4.79 Å². The second-order valence-corrected chi connectivity index (χ2v) is 5.79. The number of nitrogens with zero attached hydrogens (tertiary/aromatic N) is 1. The molecule has 8 heteroatoms. The maximum Gasteiger partial charge on any atom is 0.258 e. The molecule has 2 aliphatic rings. The summed E-state index contributed by atoms with van der Waals surface area (Å²) in [5.74, 6) is 1.19. The van der Waals surface area contributed by atoms with Gasteiger partial charge in [0.15, 0.2) is 11.5 Å². The molecule has 1 aromatic carbocycles. The van der Waals surface area contributed by atoms with Crippen LogP contribution in [-0.4, -0.2) is 31.0 Å². The minimum Gasteiger partial charge on any atom is -0.454 e. The molecule has 2 unspecified atom stereocenters. The first kappa shape index (κ1) is 14.3. The first-order chi connectivity index (χ1) is 10.1. The summed E-state index contributed by atoms with van der Waals surface area (Å²) < 4.78 is 11.4. The molecule has 2 aliphatic heterocycles. The molecule has 1 saturated heterocycles. The van der Waals surface area contributed by atoms with E-state index in [1.54, 1.807) is 12.3 Å². The van der Waals surface area contributed by atoms with Crippen LogP contribution in [0.25, 0.3) is 0 Å². The Kier molecular flexibility index (Phi) is 4.09. The van der Waals surface area contributed by atoms with Crippen molar-refractivity contribution in [2.45, 2.75) is 25.4 Å². The maximum absolute atomic E-state index is 11.9. The molecule has 2 atom stereocenters. The summed E-state index contributed by atoms with van der Waals surface area (Å²) in [6, 6.07) is 3.62. The van der Waals surface area contributed by atoms with E-state index in [9.17, 15) is 4.79 Å². The van der Waals surface area contributed by atoms with Crippen molar-refractivity contribution in [1.29, 1.82) is 0 Å². The van der Waals surface area contributed by atoms with Crippen molar-refractivity contribution in [3.63, 3.8) is 0 Å².